The van der Waals surface area contributed by atoms with Gasteiger partial charge in [0.1, 0.15) is 6.04 Å². The lowest BCUT2D eigenvalue weighted by Gasteiger charge is -2.26. The third-order valence-electron chi connectivity index (χ3n) is 2.92. The second kappa shape index (κ2) is 4.02. The first-order chi connectivity index (χ1) is 7.11. The molecule has 0 aromatic rings. The van der Waals surface area contributed by atoms with E-state index in [4.69, 9.17) is 10.8 Å². The van der Waals surface area contributed by atoms with Gasteiger partial charge in [-0.25, -0.2) is 4.79 Å². The summed E-state index contributed by atoms with van der Waals surface area (Å²) in [5, 5.41) is 9.02. The average molecular weight is 230 g/mol. The molecule has 0 spiro atoms. The number of carboxylic acids is 1. The summed E-state index contributed by atoms with van der Waals surface area (Å²) in [5.74, 6) is -0.638. The van der Waals surface area contributed by atoms with Gasteiger partial charge in [-0.2, -0.15) is 0 Å². The number of carbonyl (C=O) groups is 2. The molecule has 0 unspecified atom stereocenters. The van der Waals surface area contributed by atoms with Crippen LogP contribution in [0.15, 0.2) is 0 Å². The summed E-state index contributed by atoms with van der Waals surface area (Å²) >= 11 is 1.55. The quantitative estimate of drug-likeness (QED) is 0.654. The van der Waals surface area contributed by atoms with Crippen LogP contribution in [0.1, 0.15) is 19.3 Å². The van der Waals surface area contributed by atoms with Gasteiger partial charge < -0.3 is 15.7 Å². The van der Waals surface area contributed by atoms with Crippen LogP contribution in [0.3, 0.4) is 0 Å². The molecule has 0 aromatic carbocycles. The number of hydrogen-bond donors (Lipinski definition) is 2. The lowest BCUT2D eigenvalue weighted by molar-refractivity contribution is -0.149. The molecule has 2 aliphatic heterocycles. The molecule has 6 heteroatoms. The third kappa shape index (κ3) is 1.83. The Balaban J connectivity index is 2.23. The maximum Gasteiger partial charge on any atom is 0.327 e. The second-order valence-electron chi connectivity index (χ2n) is 3.92. The van der Waals surface area contributed by atoms with Crippen LogP contribution in [0.2, 0.25) is 0 Å². The van der Waals surface area contributed by atoms with E-state index < -0.39 is 18.1 Å². The van der Waals surface area contributed by atoms with Crippen LogP contribution >= 0.6 is 11.8 Å². The van der Waals surface area contributed by atoms with Crippen LogP contribution < -0.4 is 5.73 Å². The highest BCUT2D eigenvalue weighted by Crippen LogP contribution is 2.35. The SMILES string of the molecule is N[C@H]1CCC[C@H]2SC[C@@H](C(=O)O)N2C1=O. The summed E-state index contributed by atoms with van der Waals surface area (Å²) in [7, 11) is 0. The Morgan fingerprint density at radius 1 is 1.53 bits per heavy atom. The summed E-state index contributed by atoms with van der Waals surface area (Å²) in [6.45, 7) is 0. The van der Waals surface area contributed by atoms with Crippen LogP contribution in [0, 0.1) is 0 Å². The van der Waals surface area contributed by atoms with Crippen LogP contribution in [0.4, 0.5) is 0 Å². The molecule has 2 aliphatic rings. The molecular formula is C9H14N2O3S. The Hall–Kier alpha value is -0.750. The van der Waals surface area contributed by atoms with Crippen molar-refractivity contribution < 1.29 is 14.7 Å². The fourth-order valence-corrected chi connectivity index (χ4v) is 3.55. The molecule has 2 fully saturated rings. The molecule has 15 heavy (non-hydrogen) atoms. The van der Waals surface area contributed by atoms with Gasteiger partial charge >= 0.3 is 5.97 Å². The van der Waals surface area contributed by atoms with Crippen molar-refractivity contribution in [3.05, 3.63) is 0 Å². The van der Waals surface area contributed by atoms with E-state index >= 15 is 0 Å². The van der Waals surface area contributed by atoms with E-state index in [9.17, 15) is 9.59 Å². The first kappa shape index (κ1) is 10.8. The zero-order chi connectivity index (χ0) is 11.0. The van der Waals surface area contributed by atoms with Gasteiger partial charge in [0.15, 0.2) is 0 Å². The first-order valence-corrected chi connectivity index (χ1v) is 6.08. The number of hydrogen-bond acceptors (Lipinski definition) is 4. The molecule has 84 valence electrons. The summed E-state index contributed by atoms with van der Waals surface area (Å²) in [6, 6.07) is -1.20. The van der Waals surface area contributed by atoms with Crippen LogP contribution in [-0.2, 0) is 9.59 Å². The molecule has 0 saturated carbocycles. The highest BCUT2D eigenvalue weighted by molar-refractivity contribution is 8.00. The molecule has 3 N–H and O–H groups in total. The highest BCUT2D eigenvalue weighted by Gasteiger charge is 2.44. The number of rotatable bonds is 1. The summed E-state index contributed by atoms with van der Waals surface area (Å²) in [6.07, 6.45) is 2.42. The van der Waals surface area contributed by atoms with Crippen LogP contribution in [0.25, 0.3) is 0 Å². The summed E-state index contributed by atoms with van der Waals surface area (Å²) < 4.78 is 0. The average Bonchev–Trinajstić information content (AvgIpc) is 2.55. The predicted octanol–water partition coefficient (Wildman–Crippen LogP) is -0.148. The normalized spacial score (nSPS) is 36.2. The van der Waals surface area contributed by atoms with E-state index in [0.717, 1.165) is 12.8 Å². The highest BCUT2D eigenvalue weighted by atomic mass is 32.2. The van der Waals surface area contributed by atoms with Crippen LogP contribution in [-0.4, -0.2) is 45.1 Å². The number of fused-ring (bicyclic) bond motifs is 1. The molecule has 0 aromatic heterocycles. The van der Waals surface area contributed by atoms with Crippen molar-refractivity contribution in [2.75, 3.05) is 5.75 Å². The van der Waals surface area contributed by atoms with E-state index in [0.29, 0.717) is 12.2 Å². The summed E-state index contributed by atoms with van der Waals surface area (Å²) in [4.78, 5) is 24.3. The number of nitrogens with two attached hydrogens (primary N) is 1. The van der Waals surface area contributed by atoms with E-state index in [1.54, 1.807) is 11.8 Å². The number of carbonyl (C=O) groups excluding carboxylic acids is 1. The zero-order valence-electron chi connectivity index (χ0n) is 8.26. The molecule has 0 bridgehead atoms. The molecule has 0 aliphatic carbocycles. The lowest BCUT2D eigenvalue weighted by atomic mass is 10.1. The number of thioether (sulfide) groups is 1. The van der Waals surface area contributed by atoms with E-state index in [2.05, 4.69) is 0 Å². The largest absolute Gasteiger partial charge is 0.480 e. The van der Waals surface area contributed by atoms with Crippen molar-refractivity contribution >= 4 is 23.6 Å². The molecule has 2 saturated heterocycles. The van der Waals surface area contributed by atoms with Crippen molar-refractivity contribution in [3.8, 4) is 0 Å². The van der Waals surface area contributed by atoms with Gasteiger partial charge in [0, 0.05) is 5.75 Å². The van der Waals surface area contributed by atoms with Gasteiger partial charge in [-0.3, -0.25) is 4.79 Å². The van der Waals surface area contributed by atoms with Gasteiger partial charge in [0.05, 0.1) is 11.4 Å². The third-order valence-corrected chi connectivity index (χ3v) is 4.27. The van der Waals surface area contributed by atoms with Crippen molar-refractivity contribution in [2.24, 2.45) is 5.73 Å². The number of carboxylic acid groups (broad SMARTS) is 1. The Kier molecular flexibility index (Phi) is 2.88. The van der Waals surface area contributed by atoms with Crippen molar-refractivity contribution in [2.45, 2.75) is 36.7 Å². The Morgan fingerprint density at radius 2 is 2.27 bits per heavy atom. The van der Waals surface area contributed by atoms with Crippen molar-refractivity contribution in [3.63, 3.8) is 0 Å². The Morgan fingerprint density at radius 3 is 2.93 bits per heavy atom. The van der Waals surface area contributed by atoms with Crippen molar-refractivity contribution in [1.29, 1.82) is 0 Å². The fourth-order valence-electron chi connectivity index (χ4n) is 2.10. The maximum atomic E-state index is 11.9. The molecule has 2 heterocycles. The topological polar surface area (TPSA) is 83.6 Å². The van der Waals surface area contributed by atoms with Gasteiger partial charge in [0.2, 0.25) is 5.91 Å². The minimum Gasteiger partial charge on any atom is -0.480 e. The van der Waals surface area contributed by atoms with Crippen molar-refractivity contribution in [1.82, 2.24) is 4.90 Å². The van der Waals surface area contributed by atoms with E-state index in [1.807, 2.05) is 0 Å². The molecule has 2 rings (SSSR count). The standard InChI is InChI=1S/C9H14N2O3S/c10-5-2-1-3-7-11(8(5)12)6(4-15-7)9(13)14/h5-7H,1-4,10H2,(H,13,14)/t5-,6-,7+/m0/s1. The molecule has 3 atom stereocenters. The minimum absolute atomic E-state index is 0.0205. The smallest absolute Gasteiger partial charge is 0.327 e. The van der Waals surface area contributed by atoms with Gasteiger partial charge in [-0.15, -0.1) is 11.8 Å². The Labute approximate surface area is 92.0 Å². The van der Waals surface area contributed by atoms with Gasteiger partial charge in [-0.05, 0) is 19.3 Å². The van der Waals surface area contributed by atoms with E-state index in [-0.39, 0.29) is 11.3 Å². The van der Waals surface area contributed by atoms with Crippen LogP contribution in [0.5, 0.6) is 0 Å². The Bertz CT molecular complexity index is 297. The minimum atomic E-state index is -0.924. The molecule has 0 radical (unpaired) electrons. The number of nitrogens with zero attached hydrogens (tertiary/aromatic N) is 1. The maximum absolute atomic E-state index is 11.9. The zero-order valence-corrected chi connectivity index (χ0v) is 9.07. The molecule has 1 amide bonds. The molecular weight excluding hydrogens is 216 g/mol. The first-order valence-electron chi connectivity index (χ1n) is 5.03. The lowest BCUT2D eigenvalue weighted by Crippen LogP contribution is -2.50. The monoisotopic (exact) mass is 230 g/mol. The fraction of sp³-hybridized carbons (Fsp3) is 0.778. The second-order valence-corrected chi connectivity index (χ2v) is 5.14. The van der Waals surface area contributed by atoms with E-state index in [1.165, 1.54) is 4.90 Å². The van der Waals surface area contributed by atoms with Gasteiger partial charge in [0.25, 0.3) is 0 Å². The summed E-state index contributed by atoms with van der Waals surface area (Å²) in [5.41, 5.74) is 5.70. The predicted molar refractivity (Wildman–Crippen MR) is 56.3 cm³/mol. The number of aliphatic carboxylic acids is 1. The number of amides is 1. The molecule has 5 nitrogen and oxygen atoms in total. The van der Waals surface area contributed by atoms with Gasteiger partial charge in [-0.1, -0.05) is 0 Å².